The molecule has 154 valence electrons. The number of carbonyl (C=O) groups excluding carboxylic acids is 1. The number of hydrogen-bond acceptors (Lipinski definition) is 3. The Balaban J connectivity index is 1.67. The van der Waals surface area contributed by atoms with Crippen molar-refractivity contribution in [3.63, 3.8) is 0 Å². The summed E-state index contributed by atoms with van der Waals surface area (Å²) in [5.41, 5.74) is 8.23. The van der Waals surface area contributed by atoms with Crippen LogP contribution in [0.15, 0.2) is 60.7 Å². The van der Waals surface area contributed by atoms with Crippen LogP contribution in [0.1, 0.15) is 32.6 Å². The third-order valence-electron chi connectivity index (χ3n) is 6.05. The van der Waals surface area contributed by atoms with Gasteiger partial charge < -0.3 is 15.3 Å². The Hall–Kier alpha value is -3.70. The number of anilines is 1. The summed E-state index contributed by atoms with van der Waals surface area (Å²) >= 11 is 0. The fraction of sp³-hybridized carbons (Fsp3) is 0.154. The molecule has 31 heavy (non-hydrogen) atoms. The summed E-state index contributed by atoms with van der Waals surface area (Å²) < 4.78 is 0. The minimum Gasteiger partial charge on any atom is -0.478 e. The van der Waals surface area contributed by atoms with E-state index in [1.54, 1.807) is 24.3 Å². The maximum atomic E-state index is 12.9. The van der Waals surface area contributed by atoms with Gasteiger partial charge in [-0.3, -0.25) is 4.79 Å². The highest BCUT2D eigenvalue weighted by molar-refractivity contribution is 6.35. The first-order chi connectivity index (χ1) is 15.0. The number of fused-ring (bicyclic) bond motifs is 3. The van der Waals surface area contributed by atoms with E-state index < -0.39 is 5.97 Å². The lowest BCUT2D eigenvalue weighted by molar-refractivity contribution is -0.110. The number of carbonyl (C=O) groups is 2. The Kier molecular flexibility index (Phi) is 4.68. The van der Waals surface area contributed by atoms with Crippen molar-refractivity contribution in [1.29, 1.82) is 0 Å². The van der Waals surface area contributed by atoms with Crippen molar-refractivity contribution >= 4 is 29.2 Å². The second-order valence-electron chi connectivity index (χ2n) is 8.10. The third-order valence-corrected chi connectivity index (χ3v) is 6.05. The predicted molar refractivity (Wildman–Crippen MR) is 122 cm³/mol. The number of hydrogen-bond donors (Lipinski definition) is 2. The lowest BCUT2D eigenvalue weighted by Gasteiger charge is -2.29. The first kappa shape index (κ1) is 19.3. The van der Waals surface area contributed by atoms with Gasteiger partial charge in [-0.15, -0.1) is 0 Å². The van der Waals surface area contributed by atoms with Crippen molar-refractivity contribution in [2.75, 3.05) is 18.9 Å². The van der Waals surface area contributed by atoms with Crippen LogP contribution in [0.25, 0.3) is 22.8 Å². The normalized spacial score (nSPS) is 16.7. The zero-order valence-corrected chi connectivity index (χ0v) is 17.2. The number of amides is 1. The van der Waals surface area contributed by atoms with Crippen LogP contribution >= 0.6 is 0 Å². The van der Waals surface area contributed by atoms with E-state index in [2.05, 4.69) is 35.5 Å². The summed E-state index contributed by atoms with van der Waals surface area (Å²) in [5, 5.41) is 12.2. The summed E-state index contributed by atoms with van der Waals surface area (Å²) in [7, 11) is 2.10. The molecule has 2 heterocycles. The standard InChI is InChI=1S/C26H22N2O3/c1-28-12-11-19-20(17-5-3-2-4-6-17)14-21-22(25(29)27-24(21)23(19)15-28)13-16-7-9-18(10-8-16)26(30)31/h2-10,13-14H,11-12,15H2,1H3,(H,27,29)(H,30,31). The van der Waals surface area contributed by atoms with Crippen LogP contribution in [0.3, 0.4) is 0 Å². The van der Waals surface area contributed by atoms with Gasteiger partial charge in [-0.2, -0.15) is 0 Å². The molecule has 0 fully saturated rings. The van der Waals surface area contributed by atoms with Crippen molar-refractivity contribution < 1.29 is 14.7 Å². The molecular weight excluding hydrogens is 388 g/mol. The molecule has 0 spiro atoms. The van der Waals surface area contributed by atoms with E-state index in [4.69, 9.17) is 5.11 Å². The maximum Gasteiger partial charge on any atom is 0.335 e. The number of nitrogens with zero attached hydrogens (tertiary/aromatic N) is 1. The quantitative estimate of drug-likeness (QED) is 0.623. The van der Waals surface area contributed by atoms with E-state index in [1.807, 2.05) is 24.3 Å². The summed E-state index contributed by atoms with van der Waals surface area (Å²) in [6, 6.07) is 19.0. The lowest BCUT2D eigenvalue weighted by atomic mass is 9.86. The van der Waals surface area contributed by atoms with E-state index >= 15 is 0 Å². The fourth-order valence-corrected chi connectivity index (χ4v) is 4.46. The van der Waals surface area contributed by atoms with E-state index in [9.17, 15) is 9.59 Å². The maximum absolute atomic E-state index is 12.9. The number of benzene rings is 3. The van der Waals surface area contributed by atoms with E-state index in [0.29, 0.717) is 5.57 Å². The summed E-state index contributed by atoms with van der Waals surface area (Å²) in [6.07, 6.45) is 2.77. The van der Waals surface area contributed by atoms with Crippen LogP contribution in [0.4, 0.5) is 5.69 Å². The third kappa shape index (κ3) is 3.43. The average Bonchev–Trinajstić information content (AvgIpc) is 3.09. The molecule has 3 aromatic rings. The van der Waals surface area contributed by atoms with E-state index in [0.717, 1.165) is 41.9 Å². The molecule has 0 radical (unpaired) electrons. The highest BCUT2D eigenvalue weighted by Crippen LogP contribution is 2.43. The SMILES string of the molecule is CN1CCc2c(-c3ccccc3)cc3c(c2C1)NC(=O)C3=Cc1ccc(C(=O)O)cc1. The number of nitrogens with one attached hydrogen (secondary N) is 1. The molecule has 0 unspecified atom stereocenters. The number of carboxylic acid groups (broad SMARTS) is 1. The number of likely N-dealkylation sites (N-methyl/N-ethyl adjacent to an activating group) is 1. The Labute approximate surface area is 180 Å². The van der Waals surface area contributed by atoms with Crippen molar-refractivity contribution in [2.24, 2.45) is 0 Å². The molecule has 0 atom stereocenters. The van der Waals surface area contributed by atoms with Gasteiger partial charge in [0.25, 0.3) is 5.91 Å². The van der Waals surface area contributed by atoms with Crippen LogP contribution in [0, 0.1) is 0 Å². The topological polar surface area (TPSA) is 69.6 Å². The molecule has 2 aliphatic heterocycles. The Morgan fingerprint density at radius 3 is 2.48 bits per heavy atom. The van der Waals surface area contributed by atoms with Crippen LogP contribution in [-0.2, 0) is 17.8 Å². The predicted octanol–water partition coefficient (Wildman–Crippen LogP) is 4.53. The zero-order valence-electron chi connectivity index (χ0n) is 17.2. The van der Waals surface area contributed by atoms with Gasteiger partial charge in [0.15, 0.2) is 0 Å². The van der Waals surface area contributed by atoms with Gasteiger partial charge in [0.05, 0.1) is 11.3 Å². The highest BCUT2D eigenvalue weighted by atomic mass is 16.4. The van der Waals surface area contributed by atoms with Crippen LogP contribution < -0.4 is 5.32 Å². The summed E-state index contributed by atoms with van der Waals surface area (Å²) in [6.45, 7) is 1.78. The lowest BCUT2D eigenvalue weighted by Crippen LogP contribution is -2.27. The molecule has 3 aromatic carbocycles. The molecule has 0 saturated heterocycles. The van der Waals surface area contributed by atoms with Crippen molar-refractivity contribution in [3.05, 3.63) is 88.5 Å². The molecule has 0 saturated carbocycles. The van der Waals surface area contributed by atoms with Gasteiger partial charge in [-0.25, -0.2) is 4.79 Å². The second-order valence-corrected chi connectivity index (χ2v) is 8.10. The van der Waals surface area contributed by atoms with Gasteiger partial charge >= 0.3 is 5.97 Å². The fourth-order valence-electron chi connectivity index (χ4n) is 4.46. The molecule has 2 N–H and O–H groups in total. The minimum absolute atomic E-state index is 0.127. The largest absolute Gasteiger partial charge is 0.478 e. The van der Waals surface area contributed by atoms with E-state index in [1.165, 1.54) is 16.7 Å². The zero-order chi connectivity index (χ0) is 21.5. The first-order valence-corrected chi connectivity index (χ1v) is 10.3. The molecular formula is C26H22N2O3. The van der Waals surface area contributed by atoms with Gasteiger partial charge in [0.1, 0.15) is 0 Å². The molecule has 5 rings (SSSR count). The smallest absolute Gasteiger partial charge is 0.335 e. The van der Waals surface area contributed by atoms with Gasteiger partial charge in [0.2, 0.25) is 0 Å². The Morgan fingerprint density at radius 2 is 1.77 bits per heavy atom. The molecule has 5 heteroatoms. The van der Waals surface area contributed by atoms with Crippen molar-refractivity contribution in [3.8, 4) is 11.1 Å². The Bertz CT molecular complexity index is 1230. The van der Waals surface area contributed by atoms with Crippen molar-refractivity contribution in [2.45, 2.75) is 13.0 Å². The monoisotopic (exact) mass is 410 g/mol. The molecule has 2 aliphatic rings. The van der Waals surface area contributed by atoms with E-state index in [-0.39, 0.29) is 11.5 Å². The molecule has 0 aromatic heterocycles. The van der Waals surface area contributed by atoms with Gasteiger partial charge in [0, 0.05) is 24.2 Å². The average molecular weight is 410 g/mol. The van der Waals surface area contributed by atoms with Gasteiger partial charge in [-0.1, -0.05) is 42.5 Å². The first-order valence-electron chi connectivity index (χ1n) is 10.3. The number of rotatable bonds is 3. The highest BCUT2D eigenvalue weighted by Gasteiger charge is 2.31. The minimum atomic E-state index is -0.966. The van der Waals surface area contributed by atoms with Crippen LogP contribution in [0.5, 0.6) is 0 Å². The molecule has 5 nitrogen and oxygen atoms in total. The number of aromatic carboxylic acids is 1. The van der Waals surface area contributed by atoms with Crippen LogP contribution in [-0.4, -0.2) is 35.5 Å². The molecule has 0 aliphatic carbocycles. The molecule has 0 bridgehead atoms. The molecule has 1 amide bonds. The number of carboxylic acids is 1. The second kappa shape index (κ2) is 7.52. The summed E-state index contributed by atoms with van der Waals surface area (Å²) in [5.74, 6) is -1.09. The van der Waals surface area contributed by atoms with Crippen LogP contribution in [0.2, 0.25) is 0 Å². The summed E-state index contributed by atoms with van der Waals surface area (Å²) in [4.78, 5) is 26.3. The Morgan fingerprint density at radius 1 is 1.03 bits per heavy atom. The van der Waals surface area contributed by atoms with Gasteiger partial charge in [-0.05, 0) is 65.6 Å². The van der Waals surface area contributed by atoms with Crippen molar-refractivity contribution in [1.82, 2.24) is 4.90 Å².